The molecule has 1 aliphatic rings. The maximum absolute atomic E-state index is 4.44. The molecule has 2 rings (SSSR count). The smallest absolute Gasteiger partial charge is 0.108 e. The Morgan fingerprint density at radius 1 is 1.38 bits per heavy atom. The second kappa shape index (κ2) is 5.48. The van der Waals surface area contributed by atoms with Gasteiger partial charge in [0.25, 0.3) is 0 Å². The first-order valence-corrected chi connectivity index (χ1v) is 6.61. The fourth-order valence-corrected chi connectivity index (χ4v) is 2.86. The zero-order valence-electron chi connectivity index (χ0n) is 10.4. The van der Waals surface area contributed by atoms with Crippen LogP contribution < -0.4 is 5.32 Å². The van der Waals surface area contributed by atoms with Crippen molar-refractivity contribution in [2.45, 2.75) is 58.0 Å². The van der Waals surface area contributed by atoms with E-state index in [4.69, 9.17) is 0 Å². The van der Waals surface area contributed by atoms with E-state index >= 15 is 0 Å². The van der Waals surface area contributed by atoms with Crippen molar-refractivity contribution in [3.8, 4) is 0 Å². The van der Waals surface area contributed by atoms with Gasteiger partial charge < -0.3 is 9.88 Å². The summed E-state index contributed by atoms with van der Waals surface area (Å²) in [6, 6.07) is 1.25. The minimum absolute atomic E-state index is 0.617. The first kappa shape index (κ1) is 11.6. The van der Waals surface area contributed by atoms with Crippen molar-refractivity contribution in [3.05, 3.63) is 18.2 Å². The fraction of sp³-hybridized carbons (Fsp3) is 0.769. The first-order chi connectivity index (χ1) is 7.86. The molecule has 1 fully saturated rings. The van der Waals surface area contributed by atoms with Crippen molar-refractivity contribution in [1.29, 1.82) is 0 Å². The number of aryl methyl sites for hydroxylation is 1. The van der Waals surface area contributed by atoms with Crippen LogP contribution in [0.1, 0.15) is 51.4 Å². The molecule has 1 aromatic heterocycles. The zero-order chi connectivity index (χ0) is 11.4. The molecule has 0 amide bonds. The van der Waals surface area contributed by atoms with Crippen molar-refractivity contribution in [3.63, 3.8) is 0 Å². The average molecular weight is 221 g/mol. The van der Waals surface area contributed by atoms with Crippen LogP contribution in [0.5, 0.6) is 0 Å². The summed E-state index contributed by atoms with van der Waals surface area (Å²) in [4.78, 5) is 4.44. The zero-order valence-corrected chi connectivity index (χ0v) is 10.4. The third kappa shape index (κ3) is 2.29. The number of likely N-dealkylation sites (N-methyl/N-ethyl adjacent to an activating group) is 1. The number of rotatable bonds is 4. The molecule has 0 bridgehead atoms. The summed E-state index contributed by atoms with van der Waals surface area (Å²) in [5, 5.41) is 3.63. The monoisotopic (exact) mass is 221 g/mol. The molecule has 3 nitrogen and oxygen atoms in total. The lowest BCUT2D eigenvalue weighted by Gasteiger charge is -2.34. The lowest BCUT2D eigenvalue weighted by atomic mass is 9.90. The molecule has 1 saturated carbocycles. The molecule has 0 radical (unpaired) electrons. The minimum atomic E-state index is 0.617. The molecule has 1 N–H and O–H groups in total. The number of hydrogen-bond acceptors (Lipinski definition) is 2. The molecule has 2 atom stereocenters. The number of hydrogen-bond donors (Lipinski definition) is 1. The minimum Gasteiger partial charge on any atom is -0.330 e. The van der Waals surface area contributed by atoms with Crippen molar-refractivity contribution in [2.24, 2.45) is 0 Å². The number of nitrogens with one attached hydrogen (secondary N) is 1. The Kier molecular flexibility index (Phi) is 3.99. The van der Waals surface area contributed by atoms with Gasteiger partial charge >= 0.3 is 0 Å². The van der Waals surface area contributed by atoms with Crippen LogP contribution in [0.25, 0.3) is 0 Å². The molecular weight excluding hydrogens is 198 g/mol. The normalized spacial score (nSPS) is 25.9. The van der Waals surface area contributed by atoms with Crippen molar-refractivity contribution >= 4 is 0 Å². The Morgan fingerprint density at radius 3 is 2.94 bits per heavy atom. The predicted molar refractivity (Wildman–Crippen MR) is 66.6 cm³/mol. The first-order valence-electron chi connectivity index (χ1n) is 6.61. The number of aromatic nitrogens is 2. The standard InChI is InChI=1S/C13H23N3/c1-3-13-15-9-10-16(13)12-8-6-5-7-11(12)14-4-2/h9-12,14H,3-8H2,1-2H3. The summed E-state index contributed by atoms with van der Waals surface area (Å²) in [5.74, 6) is 1.23. The molecule has 0 aliphatic heterocycles. The van der Waals surface area contributed by atoms with Gasteiger partial charge in [0.1, 0.15) is 5.82 Å². The van der Waals surface area contributed by atoms with Gasteiger partial charge in [0.15, 0.2) is 0 Å². The van der Waals surface area contributed by atoms with Crippen LogP contribution in [-0.2, 0) is 6.42 Å². The molecule has 16 heavy (non-hydrogen) atoms. The van der Waals surface area contributed by atoms with E-state index in [2.05, 4.69) is 34.9 Å². The van der Waals surface area contributed by atoms with E-state index in [-0.39, 0.29) is 0 Å². The van der Waals surface area contributed by atoms with Gasteiger partial charge in [-0.3, -0.25) is 0 Å². The predicted octanol–water partition coefficient (Wildman–Crippen LogP) is 2.54. The second-order valence-electron chi connectivity index (χ2n) is 4.62. The van der Waals surface area contributed by atoms with E-state index in [1.54, 1.807) is 0 Å². The van der Waals surface area contributed by atoms with Gasteiger partial charge in [0.05, 0.1) is 6.04 Å². The summed E-state index contributed by atoms with van der Waals surface area (Å²) < 4.78 is 2.40. The lowest BCUT2D eigenvalue weighted by molar-refractivity contribution is 0.261. The van der Waals surface area contributed by atoms with E-state index in [1.165, 1.54) is 31.5 Å². The van der Waals surface area contributed by atoms with Crippen LogP contribution in [0.3, 0.4) is 0 Å². The van der Waals surface area contributed by atoms with Crippen LogP contribution in [0.15, 0.2) is 12.4 Å². The molecule has 90 valence electrons. The highest BCUT2D eigenvalue weighted by molar-refractivity contribution is 4.98. The van der Waals surface area contributed by atoms with Gasteiger partial charge in [0.2, 0.25) is 0 Å². The molecular formula is C13H23N3. The Bertz CT molecular complexity index is 317. The lowest BCUT2D eigenvalue weighted by Crippen LogP contribution is -2.40. The van der Waals surface area contributed by atoms with Crippen molar-refractivity contribution in [2.75, 3.05) is 6.54 Å². The van der Waals surface area contributed by atoms with Crippen LogP contribution in [0.4, 0.5) is 0 Å². The Hall–Kier alpha value is -0.830. The summed E-state index contributed by atoms with van der Waals surface area (Å²) in [5.41, 5.74) is 0. The topological polar surface area (TPSA) is 29.9 Å². The van der Waals surface area contributed by atoms with Crippen LogP contribution in [0, 0.1) is 0 Å². The largest absolute Gasteiger partial charge is 0.330 e. The molecule has 3 heteroatoms. The average Bonchev–Trinajstić information content (AvgIpc) is 2.78. The third-order valence-corrected chi connectivity index (χ3v) is 3.62. The Balaban J connectivity index is 2.16. The van der Waals surface area contributed by atoms with Gasteiger partial charge in [-0.15, -0.1) is 0 Å². The van der Waals surface area contributed by atoms with E-state index in [1.807, 2.05) is 6.20 Å². The van der Waals surface area contributed by atoms with E-state index in [0.717, 1.165) is 13.0 Å². The van der Waals surface area contributed by atoms with Gasteiger partial charge in [0, 0.05) is 24.9 Å². The van der Waals surface area contributed by atoms with Crippen molar-refractivity contribution in [1.82, 2.24) is 14.9 Å². The molecule has 0 saturated heterocycles. The van der Waals surface area contributed by atoms with Crippen molar-refractivity contribution < 1.29 is 0 Å². The van der Waals surface area contributed by atoms with E-state index in [9.17, 15) is 0 Å². The highest BCUT2D eigenvalue weighted by Crippen LogP contribution is 2.29. The van der Waals surface area contributed by atoms with Gasteiger partial charge in [-0.25, -0.2) is 4.98 Å². The van der Waals surface area contributed by atoms with Gasteiger partial charge in [-0.1, -0.05) is 26.7 Å². The van der Waals surface area contributed by atoms with E-state index in [0.29, 0.717) is 12.1 Å². The summed E-state index contributed by atoms with van der Waals surface area (Å²) in [6.07, 6.45) is 10.4. The van der Waals surface area contributed by atoms with Gasteiger partial charge in [-0.2, -0.15) is 0 Å². The second-order valence-corrected chi connectivity index (χ2v) is 4.62. The third-order valence-electron chi connectivity index (χ3n) is 3.62. The fourth-order valence-electron chi connectivity index (χ4n) is 2.86. The Morgan fingerprint density at radius 2 is 2.19 bits per heavy atom. The summed E-state index contributed by atoms with van der Waals surface area (Å²) >= 11 is 0. The molecule has 0 spiro atoms. The molecule has 2 unspecified atom stereocenters. The van der Waals surface area contributed by atoms with Crippen LogP contribution in [-0.4, -0.2) is 22.1 Å². The number of imidazole rings is 1. The summed E-state index contributed by atoms with van der Waals surface area (Å²) in [6.45, 7) is 5.45. The van der Waals surface area contributed by atoms with Gasteiger partial charge in [-0.05, 0) is 19.4 Å². The quantitative estimate of drug-likeness (QED) is 0.846. The van der Waals surface area contributed by atoms with Crippen LogP contribution >= 0.6 is 0 Å². The maximum Gasteiger partial charge on any atom is 0.108 e. The molecule has 1 heterocycles. The summed E-state index contributed by atoms with van der Waals surface area (Å²) in [7, 11) is 0. The van der Waals surface area contributed by atoms with Crippen LogP contribution in [0.2, 0.25) is 0 Å². The van der Waals surface area contributed by atoms with E-state index < -0.39 is 0 Å². The number of nitrogens with zero attached hydrogens (tertiary/aromatic N) is 2. The Labute approximate surface area is 98.3 Å². The molecule has 0 aromatic carbocycles. The highest BCUT2D eigenvalue weighted by atomic mass is 15.1. The molecule has 1 aromatic rings. The maximum atomic E-state index is 4.44. The SMILES string of the molecule is CCNC1CCCCC1n1ccnc1CC. The molecule has 1 aliphatic carbocycles. The highest BCUT2D eigenvalue weighted by Gasteiger charge is 2.26.